The number of nitrogens with one attached hydrogen (secondary N) is 1. The summed E-state index contributed by atoms with van der Waals surface area (Å²) in [6.07, 6.45) is 4.52. The highest BCUT2D eigenvalue weighted by atomic mass is 16.5. The van der Waals surface area contributed by atoms with Crippen molar-refractivity contribution in [3.8, 4) is 17.0 Å². The molecule has 0 radical (unpaired) electrons. The molecule has 2 N–H and O–H groups in total. The highest BCUT2D eigenvalue weighted by Crippen LogP contribution is 2.35. The van der Waals surface area contributed by atoms with E-state index in [1.165, 1.54) is 0 Å². The maximum absolute atomic E-state index is 12.8. The van der Waals surface area contributed by atoms with E-state index in [1.54, 1.807) is 25.0 Å². The fourth-order valence-corrected chi connectivity index (χ4v) is 3.00. The number of hydrogen-bond donors (Lipinski definition) is 2. The summed E-state index contributed by atoms with van der Waals surface area (Å²) >= 11 is 0. The Bertz CT molecular complexity index is 722. The van der Waals surface area contributed by atoms with E-state index < -0.39 is 0 Å². The van der Waals surface area contributed by atoms with Crippen LogP contribution in [0.1, 0.15) is 29.6 Å². The third-order valence-corrected chi connectivity index (χ3v) is 4.38. The molecule has 128 valence electrons. The van der Waals surface area contributed by atoms with E-state index in [0.29, 0.717) is 29.3 Å². The fourth-order valence-electron chi connectivity index (χ4n) is 3.00. The van der Waals surface area contributed by atoms with Gasteiger partial charge in [-0.2, -0.15) is 5.10 Å². The average molecular weight is 329 g/mol. The first-order chi connectivity index (χ1) is 11.6. The quantitative estimate of drug-likeness (QED) is 0.814. The van der Waals surface area contributed by atoms with Crippen LogP contribution in [-0.2, 0) is 7.05 Å². The second-order valence-corrected chi connectivity index (χ2v) is 6.20. The number of aromatic nitrogens is 2. The minimum atomic E-state index is -0.158. The highest BCUT2D eigenvalue weighted by Gasteiger charge is 2.32. The topological polar surface area (TPSA) is 76.4 Å². The van der Waals surface area contributed by atoms with Gasteiger partial charge in [0.15, 0.2) is 0 Å². The van der Waals surface area contributed by atoms with E-state index in [1.807, 2.05) is 24.3 Å². The van der Waals surface area contributed by atoms with Crippen LogP contribution in [0.2, 0.25) is 0 Å². The molecule has 1 heterocycles. The standard InChI is InChI=1S/C18H23N3O3/c1-21-11-14(18(23)19-15(9-10-22)12-7-8-12)17(20-21)13-5-3-4-6-16(13)24-2/h3-6,11-12,15,22H,7-10H2,1-2H3,(H,19,23). The van der Waals surface area contributed by atoms with E-state index in [2.05, 4.69) is 10.4 Å². The SMILES string of the molecule is COc1ccccc1-c1nn(C)cc1C(=O)NC(CCO)C1CC1. The molecule has 0 aliphatic heterocycles. The molecule has 6 nitrogen and oxygen atoms in total. The Labute approximate surface area is 141 Å². The molecule has 1 saturated carbocycles. The van der Waals surface area contributed by atoms with Gasteiger partial charge < -0.3 is 15.2 Å². The van der Waals surface area contributed by atoms with Crippen molar-refractivity contribution in [3.05, 3.63) is 36.0 Å². The number of aliphatic hydroxyl groups is 1. The van der Waals surface area contributed by atoms with E-state index in [-0.39, 0.29) is 18.6 Å². The monoisotopic (exact) mass is 329 g/mol. The summed E-state index contributed by atoms with van der Waals surface area (Å²) < 4.78 is 7.03. The number of ether oxygens (including phenoxy) is 1. The third kappa shape index (κ3) is 3.43. The van der Waals surface area contributed by atoms with Crippen LogP contribution in [0, 0.1) is 5.92 Å². The summed E-state index contributed by atoms with van der Waals surface area (Å²) in [5.74, 6) is 1.00. The van der Waals surface area contributed by atoms with Gasteiger partial charge in [0.1, 0.15) is 11.4 Å². The van der Waals surface area contributed by atoms with Crippen LogP contribution in [0.5, 0.6) is 5.75 Å². The molecular formula is C18H23N3O3. The molecule has 1 fully saturated rings. The largest absolute Gasteiger partial charge is 0.496 e. The minimum absolute atomic E-state index is 0.0215. The number of benzene rings is 1. The maximum atomic E-state index is 12.8. The van der Waals surface area contributed by atoms with E-state index in [9.17, 15) is 9.90 Å². The number of rotatable bonds is 7. The molecule has 1 aromatic heterocycles. The summed E-state index contributed by atoms with van der Waals surface area (Å²) in [6.45, 7) is 0.0772. The number of hydrogen-bond acceptors (Lipinski definition) is 4. The zero-order valence-corrected chi connectivity index (χ0v) is 14.0. The predicted molar refractivity (Wildman–Crippen MR) is 90.9 cm³/mol. The second kappa shape index (κ2) is 7.05. The number of carbonyl (C=O) groups excluding carboxylic acids is 1. The van der Waals surface area contributed by atoms with Gasteiger partial charge in [0.05, 0.1) is 12.7 Å². The molecule has 1 aromatic carbocycles. The van der Waals surface area contributed by atoms with Crippen LogP contribution in [-0.4, -0.2) is 40.6 Å². The van der Waals surface area contributed by atoms with Gasteiger partial charge in [-0.05, 0) is 37.3 Å². The molecule has 1 amide bonds. The van der Waals surface area contributed by atoms with Gasteiger partial charge >= 0.3 is 0 Å². The van der Waals surface area contributed by atoms with Crippen LogP contribution in [0.15, 0.2) is 30.5 Å². The summed E-state index contributed by atoms with van der Waals surface area (Å²) in [4.78, 5) is 12.8. The molecule has 0 spiro atoms. The average Bonchev–Trinajstić information content (AvgIpc) is 3.36. The van der Waals surface area contributed by atoms with Crippen molar-refractivity contribution in [1.29, 1.82) is 0 Å². The summed E-state index contributed by atoms with van der Waals surface area (Å²) in [5.41, 5.74) is 1.91. The lowest BCUT2D eigenvalue weighted by Gasteiger charge is -2.17. The number of amides is 1. The normalized spacial score (nSPS) is 15.1. The molecule has 6 heteroatoms. The number of aryl methyl sites for hydroxylation is 1. The molecule has 2 aromatic rings. The number of nitrogens with zero attached hydrogens (tertiary/aromatic N) is 2. The van der Waals surface area contributed by atoms with Crippen molar-refractivity contribution in [2.24, 2.45) is 13.0 Å². The van der Waals surface area contributed by atoms with Gasteiger partial charge in [-0.15, -0.1) is 0 Å². The first kappa shape index (κ1) is 16.5. The second-order valence-electron chi connectivity index (χ2n) is 6.20. The Morgan fingerprint density at radius 1 is 1.46 bits per heavy atom. The van der Waals surface area contributed by atoms with Crippen LogP contribution in [0.3, 0.4) is 0 Å². The number of carbonyl (C=O) groups is 1. The van der Waals surface area contributed by atoms with E-state index in [4.69, 9.17) is 4.74 Å². The Kier molecular flexibility index (Phi) is 4.85. The molecule has 1 atom stereocenters. The molecule has 1 aliphatic carbocycles. The molecular weight excluding hydrogens is 306 g/mol. The van der Waals surface area contributed by atoms with Gasteiger partial charge in [-0.3, -0.25) is 9.48 Å². The first-order valence-corrected chi connectivity index (χ1v) is 8.22. The molecule has 1 aliphatic rings. The van der Waals surface area contributed by atoms with E-state index >= 15 is 0 Å². The zero-order chi connectivity index (χ0) is 17.1. The summed E-state index contributed by atoms with van der Waals surface area (Å²) in [6, 6.07) is 7.55. The van der Waals surface area contributed by atoms with Gasteiger partial charge in [0, 0.05) is 31.5 Å². The van der Waals surface area contributed by atoms with Crippen molar-refractivity contribution >= 4 is 5.91 Å². The van der Waals surface area contributed by atoms with Crippen molar-refractivity contribution in [1.82, 2.24) is 15.1 Å². The zero-order valence-electron chi connectivity index (χ0n) is 14.0. The molecule has 3 rings (SSSR count). The van der Waals surface area contributed by atoms with Crippen LogP contribution >= 0.6 is 0 Å². The molecule has 0 bridgehead atoms. The van der Waals surface area contributed by atoms with Crippen LogP contribution in [0.25, 0.3) is 11.3 Å². The Hall–Kier alpha value is -2.34. The number of aliphatic hydroxyl groups excluding tert-OH is 1. The fraction of sp³-hybridized carbons (Fsp3) is 0.444. The van der Waals surface area contributed by atoms with E-state index in [0.717, 1.165) is 18.4 Å². The third-order valence-electron chi connectivity index (χ3n) is 4.38. The minimum Gasteiger partial charge on any atom is -0.496 e. The van der Waals surface area contributed by atoms with Gasteiger partial charge in [-0.1, -0.05) is 12.1 Å². The Morgan fingerprint density at radius 3 is 2.88 bits per heavy atom. The number of methoxy groups -OCH3 is 1. The Morgan fingerprint density at radius 2 is 2.21 bits per heavy atom. The molecule has 0 saturated heterocycles. The lowest BCUT2D eigenvalue weighted by molar-refractivity contribution is 0.0925. The van der Waals surface area contributed by atoms with Crippen LogP contribution < -0.4 is 10.1 Å². The first-order valence-electron chi connectivity index (χ1n) is 8.22. The molecule has 1 unspecified atom stereocenters. The lowest BCUT2D eigenvalue weighted by Crippen LogP contribution is -2.37. The van der Waals surface area contributed by atoms with Gasteiger partial charge in [-0.25, -0.2) is 0 Å². The lowest BCUT2D eigenvalue weighted by atomic mass is 10.0. The van der Waals surface area contributed by atoms with Gasteiger partial charge in [0.2, 0.25) is 0 Å². The highest BCUT2D eigenvalue weighted by molar-refractivity contribution is 6.00. The van der Waals surface area contributed by atoms with Gasteiger partial charge in [0.25, 0.3) is 5.91 Å². The van der Waals surface area contributed by atoms with Crippen molar-refractivity contribution in [2.75, 3.05) is 13.7 Å². The maximum Gasteiger partial charge on any atom is 0.255 e. The molecule has 24 heavy (non-hydrogen) atoms. The van der Waals surface area contributed by atoms with Crippen molar-refractivity contribution in [3.63, 3.8) is 0 Å². The number of para-hydroxylation sites is 1. The smallest absolute Gasteiger partial charge is 0.255 e. The van der Waals surface area contributed by atoms with Crippen molar-refractivity contribution < 1.29 is 14.6 Å². The summed E-state index contributed by atoms with van der Waals surface area (Å²) in [7, 11) is 3.40. The Balaban J connectivity index is 1.89. The van der Waals surface area contributed by atoms with Crippen LogP contribution in [0.4, 0.5) is 0 Å². The van der Waals surface area contributed by atoms with Crippen molar-refractivity contribution in [2.45, 2.75) is 25.3 Å². The summed E-state index contributed by atoms with van der Waals surface area (Å²) in [5, 5.41) is 16.7. The predicted octanol–water partition coefficient (Wildman–Crippen LogP) is 1.99.